The van der Waals surface area contributed by atoms with Crippen molar-refractivity contribution in [3.8, 4) is 34.3 Å². The van der Waals surface area contributed by atoms with Crippen LogP contribution in [0.1, 0.15) is 5.56 Å². The quantitative estimate of drug-likeness (QED) is 0.503. The van der Waals surface area contributed by atoms with Crippen molar-refractivity contribution in [2.24, 2.45) is 0 Å². The van der Waals surface area contributed by atoms with Gasteiger partial charge in [0.2, 0.25) is 11.7 Å². The smallest absolute Gasteiger partial charge is 0.259 e. The van der Waals surface area contributed by atoms with Gasteiger partial charge in [0.1, 0.15) is 19.8 Å². The van der Waals surface area contributed by atoms with Crippen molar-refractivity contribution in [3.05, 3.63) is 76.7 Å². The van der Waals surface area contributed by atoms with Crippen LogP contribution < -0.4 is 20.3 Å². The Bertz CT molecular complexity index is 1390. The molecule has 0 unspecified atom stereocenters. The Hall–Kier alpha value is -4.40. The van der Waals surface area contributed by atoms with Gasteiger partial charge >= 0.3 is 0 Å². The molecule has 33 heavy (non-hydrogen) atoms. The number of rotatable bonds is 5. The topological polar surface area (TPSA) is 108 Å². The molecule has 1 amide bonds. The van der Waals surface area contributed by atoms with Crippen LogP contribution in [0.5, 0.6) is 11.5 Å². The molecule has 0 spiro atoms. The predicted octanol–water partition coefficient (Wildman–Crippen LogP) is 3.28. The minimum absolute atomic E-state index is 0.181. The lowest BCUT2D eigenvalue weighted by molar-refractivity contribution is -0.116. The van der Waals surface area contributed by atoms with Crippen LogP contribution in [-0.2, 0) is 11.3 Å². The number of ether oxygens (including phenoxy) is 2. The first-order valence-electron chi connectivity index (χ1n) is 10.4. The van der Waals surface area contributed by atoms with E-state index in [0.29, 0.717) is 41.8 Å². The molecular weight excluding hydrogens is 424 g/mol. The second-order valence-electron chi connectivity index (χ2n) is 7.58. The lowest BCUT2D eigenvalue weighted by atomic mass is 10.1. The van der Waals surface area contributed by atoms with Crippen molar-refractivity contribution in [1.82, 2.24) is 14.7 Å². The van der Waals surface area contributed by atoms with E-state index < -0.39 is 0 Å². The number of pyridine rings is 1. The summed E-state index contributed by atoms with van der Waals surface area (Å²) in [6.07, 6.45) is 1.53. The molecule has 0 bridgehead atoms. The van der Waals surface area contributed by atoms with Gasteiger partial charge in [-0.3, -0.25) is 9.59 Å². The van der Waals surface area contributed by atoms with Gasteiger partial charge in [-0.05, 0) is 31.2 Å². The van der Waals surface area contributed by atoms with Crippen LogP contribution >= 0.6 is 0 Å². The van der Waals surface area contributed by atoms with Crippen LogP contribution in [0.15, 0.2) is 70.1 Å². The molecule has 166 valence electrons. The largest absolute Gasteiger partial charge is 0.486 e. The first-order valence-corrected chi connectivity index (χ1v) is 10.4. The van der Waals surface area contributed by atoms with Crippen molar-refractivity contribution in [2.45, 2.75) is 13.5 Å². The van der Waals surface area contributed by atoms with E-state index >= 15 is 0 Å². The second-order valence-corrected chi connectivity index (χ2v) is 7.58. The number of hydrogen-bond donors (Lipinski definition) is 1. The van der Waals surface area contributed by atoms with Crippen molar-refractivity contribution < 1.29 is 18.8 Å². The molecular formula is C24H20N4O5. The van der Waals surface area contributed by atoms with Crippen LogP contribution in [0, 0.1) is 6.92 Å². The van der Waals surface area contributed by atoms with E-state index in [0.717, 1.165) is 11.1 Å². The molecule has 0 saturated heterocycles. The number of fused-ring (bicyclic) bond motifs is 1. The maximum atomic E-state index is 12.6. The number of hydrogen-bond acceptors (Lipinski definition) is 7. The summed E-state index contributed by atoms with van der Waals surface area (Å²) in [5.41, 5.74) is 2.67. The van der Waals surface area contributed by atoms with E-state index in [2.05, 4.69) is 15.5 Å². The molecule has 9 nitrogen and oxygen atoms in total. The van der Waals surface area contributed by atoms with E-state index in [9.17, 15) is 9.59 Å². The highest BCUT2D eigenvalue weighted by atomic mass is 16.6. The zero-order valence-corrected chi connectivity index (χ0v) is 17.8. The predicted molar refractivity (Wildman–Crippen MR) is 120 cm³/mol. The lowest BCUT2D eigenvalue weighted by Crippen LogP contribution is -2.27. The van der Waals surface area contributed by atoms with Crippen LogP contribution in [0.2, 0.25) is 0 Å². The molecule has 9 heteroatoms. The second kappa shape index (κ2) is 8.62. The van der Waals surface area contributed by atoms with Gasteiger partial charge in [-0.15, -0.1) is 0 Å². The van der Waals surface area contributed by atoms with Crippen molar-refractivity contribution in [3.63, 3.8) is 0 Å². The Morgan fingerprint density at radius 2 is 1.88 bits per heavy atom. The van der Waals surface area contributed by atoms with Crippen molar-refractivity contribution in [1.29, 1.82) is 0 Å². The molecule has 1 aliphatic rings. The van der Waals surface area contributed by atoms with Gasteiger partial charge < -0.3 is 23.9 Å². The maximum absolute atomic E-state index is 12.6. The van der Waals surface area contributed by atoms with Gasteiger partial charge in [0.15, 0.2) is 11.5 Å². The first kappa shape index (κ1) is 20.5. The fraction of sp³-hybridized carbons (Fsp3) is 0.167. The van der Waals surface area contributed by atoms with E-state index in [1.807, 2.05) is 31.2 Å². The molecule has 0 saturated carbocycles. The van der Waals surface area contributed by atoms with E-state index in [-0.39, 0.29) is 23.9 Å². The summed E-state index contributed by atoms with van der Waals surface area (Å²) in [6.45, 7) is 2.74. The number of amides is 1. The molecule has 0 atom stereocenters. The van der Waals surface area contributed by atoms with Crippen molar-refractivity contribution in [2.75, 3.05) is 18.5 Å². The maximum Gasteiger partial charge on any atom is 0.259 e. The molecule has 0 fully saturated rings. The SMILES string of the molecule is Cc1cccc(-c2noc(-c3ccc(=O)n(CC(=O)Nc4ccc5c(c4)OCCO5)c3)n2)c1. The van der Waals surface area contributed by atoms with E-state index in [1.54, 1.807) is 24.3 Å². The molecule has 5 rings (SSSR count). The first-order chi connectivity index (χ1) is 16.0. The molecule has 0 radical (unpaired) electrons. The number of anilines is 1. The third-order valence-corrected chi connectivity index (χ3v) is 5.07. The fourth-order valence-electron chi connectivity index (χ4n) is 3.50. The zero-order chi connectivity index (χ0) is 22.8. The summed E-state index contributed by atoms with van der Waals surface area (Å²) in [5.74, 6) is 1.54. The van der Waals surface area contributed by atoms with Crippen molar-refractivity contribution >= 4 is 11.6 Å². The standard InChI is InChI=1S/C24H20N4O5/c1-15-3-2-4-16(11-15)23-26-24(33-27-23)17-5-8-22(30)28(13-17)14-21(29)25-18-6-7-19-20(12-18)32-10-9-31-19/h2-8,11-13H,9-10,14H2,1H3,(H,25,29). The van der Waals surface area contributed by atoms with E-state index in [4.69, 9.17) is 14.0 Å². The van der Waals surface area contributed by atoms with Crippen LogP contribution in [0.3, 0.4) is 0 Å². The van der Waals surface area contributed by atoms with Gasteiger partial charge in [-0.2, -0.15) is 4.98 Å². The highest BCUT2D eigenvalue weighted by Gasteiger charge is 2.15. The molecule has 2 aromatic carbocycles. The summed E-state index contributed by atoms with van der Waals surface area (Å²) in [4.78, 5) is 29.3. The Balaban J connectivity index is 1.33. The molecule has 1 N–H and O–H groups in total. The van der Waals surface area contributed by atoms with E-state index in [1.165, 1.54) is 16.8 Å². The Labute approximate surface area is 188 Å². The summed E-state index contributed by atoms with van der Waals surface area (Å²) in [7, 11) is 0. The highest BCUT2D eigenvalue weighted by Crippen LogP contribution is 2.32. The molecule has 4 aromatic rings. The van der Waals surface area contributed by atoms with Gasteiger partial charge in [-0.1, -0.05) is 28.9 Å². The lowest BCUT2D eigenvalue weighted by Gasteiger charge is -2.19. The monoisotopic (exact) mass is 444 g/mol. The van der Waals surface area contributed by atoms with Gasteiger partial charge in [-0.25, -0.2) is 0 Å². The molecule has 1 aliphatic heterocycles. The minimum atomic E-state index is -0.364. The number of carbonyl (C=O) groups is 1. The minimum Gasteiger partial charge on any atom is -0.486 e. The van der Waals surface area contributed by atoms with Gasteiger partial charge in [0.25, 0.3) is 11.4 Å². The average molecular weight is 444 g/mol. The zero-order valence-electron chi connectivity index (χ0n) is 17.8. The van der Waals surface area contributed by atoms with Gasteiger partial charge in [0.05, 0.1) is 5.56 Å². The van der Waals surface area contributed by atoms with Gasteiger partial charge in [0, 0.05) is 29.6 Å². The fourth-order valence-corrected chi connectivity index (χ4v) is 3.50. The van der Waals surface area contributed by atoms with Crippen LogP contribution in [0.25, 0.3) is 22.8 Å². The number of nitrogens with one attached hydrogen (secondary N) is 1. The number of carbonyl (C=O) groups excluding carboxylic acids is 1. The summed E-state index contributed by atoms with van der Waals surface area (Å²) in [6, 6.07) is 15.8. The Morgan fingerprint density at radius 1 is 1.03 bits per heavy atom. The highest BCUT2D eigenvalue weighted by molar-refractivity contribution is 5.91. The van der Waals surface area contributed by atoms with Crippen LogP contribution in [-0.4, -0.2) is 33.8 Å². The third kappa shape index (κ3) is 4.47. The summed E-state index contributed by atoms with van der Waals surface area (Å²) < 4.78 is 17.7. The normalized spacial score (nSPS) is 12.4. The number of benzene rings is 2. The van der Waals surface area contributed by atoms with Crippen LogP contribution in [0.4, 0.5) is 5.69 Å². The number of nitrogens with zero attached hydrogens (tertiary/aromatic N) is 3. The number of aromatic nitrogens is 3. The average Bonchev–Trinajstić information content (AvgIpc) is 3.31. The Kier molecular flexibility index (Phi) is 5.35. The Morgan fingerprint density at radius 3 is 2.73 bits per heavy atom. The molecule has 3 heterocycles. The molecule has 0 aliphatic carbocycles. The number of aryl methyl sites for hydroxylation is 1. The molecule has 2 aromatic heterocycles. The third-order valence-electron chi connectivity index (χ3n) is 5.07. The summed E-state index contributed by atoms with van der Waals surface area (Å²) in [5, 5.41) is 6.81. The summed E-state index contributed by atoms with van der Waals surface area (Å²) >= 11 is 0.